The van der Waals surface area contributed by atoms with Gasteiger partial charge in [-0.15, -0.1) is 10.2 Å². The molecule has 1 aliphatic heterocycles. The number of amides is 2. The molecule has 5 rings (SSSR count). The predicted octanol–water partition coefficient (Wildman–Crippen LogP) is 4.29. The lowest BCUT2D eigenvalue weighted by Crippen LogP contribution is -2.35. The van der Waals surface area contributed by atoms with E-state index in [9.17, 15) is 14.7 Å². The third-order valence-corrected chi connectivity index (χ3v) is 7.44. The second-order valence-electron chi connectivity index (χ2n) is 10.8. The van der Waals surface area contributed by atoms with Crippen molar-refractivity contribution >= 4 is 29.1 Å². The van der Waals surface area contributed by atoms with E-state index >= 15 is 0 Å². The van der Waals surface area contributed by atoms with E-state index < -0.39 is 11.6 Å². The van der Waals surface area contributed by atoms with E-state index in [0.29, 0.717) is 39.3 Å². The molecular weight excluding hydrogens is 568 g/mol. The van der Waals surface area contributed by atoms with E-state index in [1.54, 1.807) is 57.4 Å². The normalized spacial score (nSPS) is 14.2. The molecule has 1 unspecified atom stereocenters. The molecule has 10 nitrogen and oxygen atoms in total. The first kappa shape index (κ1) is 29.9. The molecule has 0 spiro atoms. The SMILES string of the molecule is COc1ccc2c(c1)C(c1ccc(Cl)cc1)=NC(CC(=O)NCCNC(=O)c1cccc(C(C)(C)O)c1)c1nnc(C)n1-2. The van der Waals surface area contributed by atoms with Crippen molar-refractivity contribution in [1.29, 1.82) is 0 Å². The van der Waals surface area contributed by atoms with Crippen LogP contribution in [0.2, 0.25) is 5.02 Å². The number of aryl methyl sites for hydroxylation is 1. The molecule has 0 aliphatic carbocycles. The van der Waals surface area contributed by atoms with Crippen LogP contribution in [-0.2, 0) is 10.4 Å². The minimum Gasteiger partial charge on any atom is -0.497 e. The van der Waals surface area contributed by atoms with Crippen LogP contribution in [-0.4, -0.2) is 57.6 Å². The number of aliphatic hydroxyl groups is 1. The molecule has 1 atom stereocenters. The first-order valence-electron chi connectivity index (χ1n) is 13.9. The minimum absolute atomic E-state index is 0.0158. The van der Waals surface area contributed by atoms with Gasteiger partial charge in [0.1, 0.15) is 17.6 Å². The fraction of sp³-hybridized carbons (Fsp3) is 0.281. The van der Waals surface area contributed by atoms with Gasteiger partial charge >= 0.3 is 0 Å². The lowest BCUT2D eigenvalue weighted by atomic mass is 9.96. The third kappa shape index (κ3) is 6.60. The van der Waals surface area contributed by atoms with E-state index in [4.69, 9.17) is 21.3 Å². The Labute approximate surface area is 254 Å². The maximum absolute atomic E-state index is 13.2. The van der Waals surface area contributed by atoms with Gasteiger partial charge in [-0.25, -0.2) is 0 Å². The van der Waals surface area contributed by atoms with Crippen LogP contribution in [0.25, 0.3) is 5.69 Å². The standard InChI is InChI=1S/C32H33ClN6O4/c1-19-37-38-30-26(18-28(40)34-14-15-35-31(41)21-6-5-7-22(16-21)32(2,3)42)36-29(20-8-10-23(33)11-9-20)25-17-24(43-4)12-13-27(25)39(19)30/h5-13,16-17,26,42H,14-15,18H2,1-4H3,(H,34,40)(H,35,41). The van der Waals surface area contributed by atoms with E-state index in [2.05, 4.69) is 20.8 Å². The molecule has 2 amide bonds. The summed E-state index contributed by atoms with van der Waals surface area (Å²) in [5, 5.41) is 25.2. The maximum atomic E-state index is 13.2. The number of hydrogen-bond acceptors (Lipinski definition) is 7. The van der Waals surface area contributed by atoms with E-state index in [-0.39, 0.29) is 31.3 Å². The average molecular weight is 601 g/mol. The van der Waals surface area contributed by atoms with Gasteiger partial charge in [-0.1, -0.05) is 35.9 Å². The first-order chi connectivity index (χ1) is 20.5. The average Bonchev–Trinajstić information content (AvgIpc) is 3.31. The third-order valence-electron chi connectivity index (χ3n) is 7.19. The number of nitrogens with one attached hydrogen (secondary N) is 2. The van der Waals surface area contributed by atoms with Crippen molar-refractivity contribution in [3.8, 4) is 11.4 Å². The zero-order valence-corrected chi connectivity index (χ0v) is 25.1. The first-order valence-corrected chi connectivity index (χ1v) is 14.2. The molecule has 222 valence electrons. The molecule has 1 aliphatic rings. The van der Waals surface area contributed by atoms with Crippen molar-refractivity contribution < 1.29 is 19.4 Å². The van der Waals surface area contributed by atoms with Gasteiger partial charge in [-0.05, 0) is 68.8 Å². The Morgan fingerprint density at radius 1 is 1.02 bits per heavy atom. The van der Waals surface area contributed by atoms with Gasteiger partial charge < -0.3 is 20.5 Å². The Bertz CT molecular complexity index is 1690. The number of benzene rings is 3. The number of nitrogens with zero attached hydrogens (tertiary/aromatic N) is 4. The van der Waals surface area contributed by atoms with Crippen LogP contribution < -0.4 is 15.4 Å². The minimum atomic E-state index is -1.06. The fourth-order valence-corrected chi connectivity index (χ4v) is 5.07. The summed E-state index contributed by atoms with van der Waals surface area (Å²) < 4.78 is 7.43. The Morgan fingerprint density at radius 3 is 2.49 bits per heavy atom. The molecule has 4 aromatic rings. The van der Waals surface area contributed by atoms with Gasteiger partial charge in [0.15, 0.2) is 5.82 Å². The molecular formula is C32H33ClN6O4. The lowest BCUT2D eigenvalue weighted by molar-refractivity contribution is -0.121. The predicted molar refractivity (Wildman–Crippen MR) is 164 cm³/mol. The summed E-state index contributed by atoms with van der Waals surface area (Å²) in [7, 11) is 1.61. The molecule has 43 heavy (non-hydrogen) atoms. The summed E-state index contributed by atoms with van der Waals surface area (Å²) in [6, 6.07) is 19.3. The highest BCUT2D eigenvalue weighted by atomic mass is 35.5. The molecule has 0 bridgehead atoms. The van der Waals surface area contributed by atoms with Gasteiger partial charge in [0.05, 0.1) is 30.5 Å². The highest BCUT2D eigenvalue weighted by Crippen LogP contribution is 2.34. The van der Waals surface area contributed by atoms with E-state index in [0.717, 1.165) is 16.8 Å². The molecule has 0 saturated carbocycles. The summed E-state index contributed by atoms with van der Waals surface area (Å²) >= 11 is 6.17. The zero-order valence-electron chi connectivity index (χ0n) is 24.4. The highest BCUT2D eigenvalue weighted by Gasteiger charge is 2.30. The van der Waals surface area contributed by atoms with E-state index in [1.807, 2.05) is 41.8 Å². The quantitative estimate of drug-likeness (QED) is 0.246. The molecule has 1 aromatic heterocycles. The second kappa shape index (κ2) is 12.4. The Kier molecular flexibility index (Phi) is 8.61. The molecule has 0 radical (unpaired) electrons. The summed E-state index contributed by atoms with van der Waals surface area (Å²) in [6.45, 7) is 5.63. The number of rotatable bonds is 9. The molecule has 0 saturated heterocycles. The number of carbonyl (C=O) groups excluding carboxylic acids is 2. The molecule has 2 heterocycles. The summed E-state index contributed by atoms with van der Waals surface area (Å²) in [5.41, 5.74) is 3.15. The van der Waals surface area contributed by atoms with Crippen molar-refractivity contribution in [2.24, 2.45) is 4.99 Å². The van der Waals surface area contributed by atoms with Crippen molar-refractivity contribution in [3.63, 3.8) is 0 Å². The van der Waals surface area contributed by atoms with Crippen molar-refractivity contribution in [2.45, 2.75) is 38.8 Å². The number of halogens is 1. The van der Waals surface area contributed by atoms with Gasteiger partial charge in [0.25, 0.3) is 5.91 Å². The molecule has 3 aromatic carbocycles. The number of methoxy groups -OCH3 is 1. The Balaban J connectivity index is 1.34. The van der Waals surface area contributed by atoms with Gasteiger partial charge in [0.2, 0.25) is 5.91 Å². The smallest absolute Gasteiger partial charge is 0.251 e. The largest absolute Gasteiger partial charge is 0.497 e. The van der Waals surface area contributed by atoms with Gasteiger partial charge in [0, 0.05) is 34.8 Å². The van der Waals surface area contributed by atoms with Crippen LogP contribution in [0.15, 0.2) is 71.7 Å². The van der Waals surface area contributed by atoms with Crippen molar-refractivity contribution in [3.05, 3.63) is 106 Å². The molecule has 0 fully saturated rings. The van der Waals surface area contributed by atoms with Crippen LogP contribution in [0, 0.1) is 6.92 Å². The number of hydrogen-bond donors (Lipinski definition) is 3. The van der Waals surface area contributed by atoms with Gasteiger partial charge in [-0.3, -0.25) is 19.1 Å². The summed E-state index contributed by atoms with van der Waals surface area (Å²) in [4.78, 5) is 30.9. The second-order valence-corrected chi connectivity index (χ2v) is 11.2. The molecule has 11 heteroatoms. The van der Waals surface area contributed by atoms with Crippen LogP contribution >= 0.6 is 11.6 Å². The fourth-order valence-electron chi connectivity index (χ4n) is 4.95. The zero-order chi connectivity index (χ0) is 30.7. The number of aromatic nitrogens is 3. The monoisotopic (exact) mass is 600 g/mol. The van der Waals surface area contributed by atoms with Crippen molar-refractivity contribution in [2.75, 3.05) is 20.2 Å². The summed E-state index contributed by atoms with van der Waals surface area (Å²) in [6.07, 6.45) is 0.0158. The number of aliphatic imine (C=N–C) groups is 1. The van der Waals surface area contributed by atoms with Crippen LogP contribution in [0.4, 0.5) is 0 Å². The highest BCUT2D eigenvalue weighted by molar-refractivity contribution is 6.30. The lowest BCUT2D eigenvalue weighted by Gasteiger charge is -2.18. The van der Waals surface area contributed by atoms with Crippen LogP contribution in [0.1, 0.15) is 65.0 Å². The number of carbonyl (C=O) groups is 2. The summed E-state index contributed by atoms with van der Waals surface area (Å²) in [5.74, 6) is 1.33. The maximum Gasteiger partial charge on any atom is 0.251 e. The number of ether oxygens (including phenoxy) is 1. The number of fused-ring (bicyclic) bond motifs is 3. The molecule has 3 N–H and O–H groups in total. The Hall–Kier alpha value is -4.54. The van der Waals surface area contributed by atoms with E-state index in [1.165, 1.54) is 0 Å². The topological polar surface area (TPSA) is 131 Å². The van der Waals surface area contributed by atoms with Gasteiger partial charge in [-0.2, -0.15) is 0 Å². The van der Waals surface area contributed by atoms with Crippen molar-refractivity contribution in [1.82, 2.24) is 25.4 Å². The Morgan fingerprint density at radius 2 is 1.77 bits per heavy atom. The van der Waals surface area contributed by atoms with Crippen LogP contribution in [0.3, 0.4) is 0 Å². The van der Waals surface area contributed by atoms with Crippen LogP contribution in [0.5, 0.6) is 5.75 Å².